The van der Waals surface area contributed by atoms with Gasteiger partial charge in [-0.05, 0) is 38.0 Å². The van der Waals surface area contributed by atoms with Crippen molar-refractivity contribution in [3.8, 4) is 0 Å². The predicted octanol–water partition coefficient (Wildman–Crippen LogP) is 2.80. The van der Waals surface area contributed by atoms with E-state index in [2.05, 4.69) is 5.32 Å². The number of carbonyl (C=O) groups is 4. The summed E-state index contributed by atoms with van der Waals surface area (Å²) in [7, 11) is 0. The number of rotatable bonds is 6. The zero-order chi connectivity index (χ0) is 20.3. The molecule has 2 atom stereocenters. The van der Waals surface area contributed by atoms with Gasteiger partial charge in [0.05, 0.1) is 34.7 Å². The lowest BCUT2D eigenvalue weighted by Crippen LogP contribution is -2.34. The highest BCUT2D eigenvalue weighted by Gasteiger charge is 2.46. The van der Waals surface area contributed by atoms with Gasteiger partial charge in [0, 0.05) is 13.0 Å². The minimum atomic E-state index is -0.496. The molecule has 1 aliphatic carbocycles. The van der Waals surface area contributed by atoms with Crippen molar-refractivity contribution >= 4 is 41.0 Å². The summed E-state index contributed by atoms with van der Waals surface area (Å²) in [4.78, 5) is 50.0. The number of carbonyl (C=O) groups excluding carboxylic acids is 4. The molecule has 1 fully saturated rings. The van der Waals surface area contributed by atoms with E-state index in [1.807, 2.05) is 12.2 Å². The van der Waals surface area contributed by atoms with Crippen molar-refractivity contribution in [3.63, 3.8) is 0 Å². The van der Waals surface area contributed by atoms with Crippen molar-refractivity contribution in [2.24, 2.45) is 11.8 Å². The van der Waals surface area contributed by atoms with Gasteiger partial charge in [-0.1, -0.05) is 23.8 Å². The highest BCUT2D eigenvalue weighted by atomic mass is 35.5. The molecule has 28 heavy (non-hydrogen) atoms. The fourth-order valence-corrected chi connectivity index (χ4v) is 3.70. The van der Waals surface area contributed by atoms with E-state index < -0.39 is 5.97 Å². The molecule has 7 nitrogen and oxygen atoms in total. The third-order valence-electron chi connectivity index (χ3n) is 4.92. The summed E-state index contributed by atoms with van der Waals surface area (Å²) in [6, 6.07) is 4.43. The molecule has 0 aromatic heterocycles. The van der Waals surface area contributed by atoms with Gasteiger partial charge in [0.2, 0.25) is 17.7 Å². The van der Waals surface area contributed by atoms with Gasteiger partial charge in [0.1, 0.15) is 0 Å². The average Bonchev–Trinajstić information content (AvgIpc) is 2.92. The molecule has 1 aromatic rings. The van der Waals surface area contributed by atoms with E-state index in [0.717, 1.165) is 0 Å². The summed E-state index contributed by atoms with van der Waals surface area (Å²) in [6.07, 6.45) is 4.95. The number of hydrogen-bond acceptors (Lipinski definition) is 5. The predicted molar refractivity (Wildman–Crippen MR) is 103 cm³/mol. The number of imide groups is 1. The summed E-state index contributed by atoms with van der Waals surface area (Å²) in [5, 5.41) is 2.84. The number of anilines is 1. The molecule has 0 radical (unpaired) electrons. The Bertz CT molecular complexity index is 825. The van der Waals surface area contributed by atoms with Gasteiger partial charge in [-0.2, -0.15) is 0 Å². The van der Waals surface area contributed by atoms with Crippen LogP contribution in [0.3, 0.4) is 0 Å². The fourth-order valence-electron chi connectivity index (χ4n) is 3.47. The van der Waals surface area contributed by atoms with Gasteiger partial charge >= 0.3 is 5.97 Å². The summed E-state index contributed by atoms with van der Waals surface area (Å²) in [5.41, 5.74) is 0.631. The molecule has 0 saturated carbocycles. The SMILES string of the molecule is CCOC(=O)c1ccc(NC(=O)CCN2C(=O)[C@H]3CC=CC[C@H]3C2=O)c(Cl)c1. The molecule has 1 saturated heterocycles. The Morgan fingerprint density at radius 1 is 1.18 bits per heavy atom. The van der Waals surface area contributed by atoms with Crippen molar-refractivity contribution in [1.82, 2.24) is 4.90 Å². The highest BCUT2D eigenvalue weighted by molar-refractivity contribution is 6.34. The van der Waals surface area contributed by atoms with Crippen molar-refractivity contribution in [2.75, 3.05) is 18.5 Å². The lowest BCUT2D eigenvalue weighted by molar-refractivity contribution is -0.140. The van der Waals surface area contributed by atoms with Crippen LogP contribution in [0.2, 0.25) is 5.02 Å². The molecule has 148 valence electrons. The van der Waals surface area contributed by atoms with Gasteiger partial charge in [-0.15, -0.1) is 0 Å². The van der Waals surface area contributed by atoms with Crippen LogP contribution < -0.4 is 5.32 Å². The van der Waals surface area contributed by atoms with E-state index in [1.54, 1.807) is 6.92 Å². The first-order chi connectivity index (χ1) is 13.4. The number of amides is 3. The first-order valence-corrected chi connectivity index (χ1v) is 9.57. The van der Waals surface area contributed by atoms with Crippen molar-refractivity contribution in [2.45, 2.75) is 26.2 Å². The van der Waals surface area contributed by atoms with E-state index in [0.29, 0.717) is 18.5 Å². The van der Waals surface area contributed by atoms with E-state index in [-0.39, 0.29) is 59.7 Å². The standard InChI is InChI=1S/C20H21ClN2O5/c1-2-28-20(27)12-7-8-16(15(21)11-12)22-17(24)9-10-23-18(25)13-5-3-4-6-14(13)19(23)26/h3-4,7-8,11,13-14H,2,5-6,9-10H2,1H3,(H,22,24)/t13-,14+. The zero-order valence-electron chi connectivity index (χ0n) is 15.4. The monoisotopic (exact) mass is 404 g/mol. The molecule has 3 amide bonds. The van der Waals surface area contributed by atoms with Crippen LogP contribution in [-0.2, 0) is 19.1 Å². The Morgan fingerprint density at radius 2 is 1.82 bits per heavy atom. The third kappa shape index (κ3) is 4.09. The number of halogens is 1. The van der Waals surface area contributed by atoms with Gasteiger partial charge in [-0.3, -0.25) is 19.3 Å². The first-order valence-electron chi connectivity index (χ1n) is 9.19. The largest absolute Gasteiger partial charge is 0.462 e. The Morgan fingerprint density at radius 3 is 2.39 bits per heavy atom. The maximum atomic E-state index is 12.4. The van der Waals surface area contributed by atoms with Crippen molar-refractivity contribution in [3.05, 3.63) is 40.9 Å². The van der Waals surface area contributed by atoms with Crippen LogP contribution >= 0.6 is 11.6 Å². The van der Waals surface area contributed by atoms with E-state index in [4.69, 9.17) is 16.3 Å². The second kappa shape index (κ2) is 8.56. The summed E-state index contributed by atoms with van der Waals surface area (Å²) < 4.78 is 4.90. The minimum Gasteiger partial charge on any atom is -0.462 e. The molecule has 0 unspecified atom stereocenters. The van der Waals surface area contributed by atoms with E-state index in [1.165, 1.54) is 23.1 Å². The number of benzene rings is 1. The zero-order valence-corrected chi connectivity index (χ0v) is 16.2. The Hall–Kier alpha value is -2.67. The van der Waals surface area contributed by atoms with Crippen LogP contribution in [-0.4, -0.2) is 41.7 Å². The number of allylic oxidation sites excluding steroid dienone is 2. The molecule has 1 aliphatic heterocycles. The van der Waals surface area contributed by atoms with Crippen molar-refractivity contribution < 1.29 is 23.9 Å². The molecule has 8 heteroatoms. The Kier molecular flexibility index (Phi) is 6.14. The molecular formula is C20H21ClN2O5. The number of esters is 1. The maximum absolute atomic E-state index is 12.4. The number of fused-ring (bicyclic) bond motifs is 1. The minimum absolute atomic E-state index is 0.0275. The molecule has 3 rings (SSSR count). The normalized spacial score (nSPS) is 20.9. The maximum Gasteiger partial charge on any atom is 0.338 e. The lowest BCUT2D eigenvalue weighted by Gasteiger charge is -2.15. The summed E-state index contributed by atoms with van der Waals surface area (Å²) >= 11 is 6.13. The van der Waals surface area contributed by atoms with Crippen LogP contribution in [0.25, 0.3) is 0 Å². The van der Waals surface area contributed by atoms with Gasteiger partial charge in [-0.25, -0.2) is 4.79 Å². The van der Waals surface area contributed by atoms with Crippen LogP contribution in [0.15, 0.2) is 30.4 Å². The topological polar surface area (TPSA) is 92.8 Å². The number of nitrogens with zero attached hydrogens (tertiary/aromatic N) is 1. The number of likely N-dealkylation sites (tertiary alicyclic amines) is 1. The van der Waals surface area contributed by atoms with E-state index >= 15 is 0 Å². The number of nitrogens with one attached hydrogen (secondary N) is 1. The molecule has 1 heterocycles. The Balaban J connectivity index is 1.57. The second-order valence-corrected chi connectivity index (χ2v) is 7.10. The quantitative estimate of drug-likeness (QED) is 0.447. The van der Waals surface area contributed by atoms with Crippen LogP contribution in [0.5, 0.6) is 0 Å². The molecular weight excluding hydrogens is 384 g/mol. The van der Waals surface area contributed by atoms with Crippen LogP contribution in [0, 0.1) is 11.8 Å². The Labute approximate surface area is 167 Å². The summed E-state index contributed by atoms with van der Waals surface area (Å²) in [6.45, 7) is 1.99. The van der Waals surface area contributed by atoms with Gasteiger partial charge < -0.3 is 10.1 Å². The smallest absolute Gasteiger partial charge is 0.338 e. The molecule has 1 N–H and O–H groups in total. The van der Waals surface area contributed by atoms with Crippen molar-refractivity contribution in [1.29, 1.82) is 0 Å². The van der Waals surface area contributed by atoms with Crippen LogP contribution in [0.4, 0.5) is 5.69 Å². The number of hydrogen-bond donors (Lipinski definition) is 1. The summed E-state index contributed by atoms with van der Waals surface area (Å²) in [5.74, 6) is -1.88. The molecule has 0 bridgehead atoms. The molecule has 0 spiro atoms. The van der Waals surface area contributed by atoms with E-state index in [9.17, 15) is 19.2 Å². The lowest BCUT2D eigenvalue weighted by atomic mass is 9.85. The van der Waals surface area contributed by atoms with Gasteiger partial charge in [0.25, 0.3) is 0 Å². The number of ether oxygens (including phenoxy) is 1. The highest BCUT2D eigenvalue weighted by Crippen LogP contribution is 2.35. The first kappa shape index (κ1) is 20.1. The molecule has 1 aromatic carbocycles. The average molecular weight is 405 g/mol. The van der Waals surface area contributed by atoms with Gasteiger partial charge in [0.15, 0.2) is 0 Å². The fraction of sp³-hybridized carbons (Fsp3) is 0.400. The second-order valence-electron chi connectivity index (χ2n) is 6.70. The van der Waals surface area contributed by atoms with Crippen LogP contribution in [0.1, 0.15) is 36.5 Å². The molecule has 2 aliphatic rings. The third-order valence-corrected chi connectivity index (χ3v) is 5.23.